The summed E-state index contributed by atoms with van der Waals surface area (Å²) in [6, 6.07) is 10.0. The van der Waals surface area contributed by atoms with Gasteiger partial charge in [0.2, 0.25) is 0 Å². The molecule has 0 unspecified atom stereocenters. The van der Waals surface area contributed by atoms with Crippen LogP contribution >= 0.6 is 0 Å². The molecule has 4 heteroatoms. The summed E-state index contributed by atoms with van der Waals surface area (Å²) in [5, 5.41) is 14.2. The minimum absolute atomic E-state index is 0.720. The monoisotopic (exact) mass is 236 g/mol. The molecule has 0 N–H and O–H groups in total. The summed E-state index contributed by atoms with van der Waals surface area (Å²) < 4.78 is 3.93. The molecule has 0 aliphatic heterocycles. The van der Waals surface area contributed by atoms with Crippen molar-refractivity contribution >= 4 is 10.9 Å². The summed E-state index contributed by atoms with van der Waals surface area (Å²) in [5.74, 6) is 0. The molecule has 0 bridgehead atoms. The summed E-state index contributed by atoms with van der Waals surface area (Å²) in [7, 11) is 1.91. The summed E-state index contributed by atoms with van der Waals surface area (Å²) in [4.78, 5) is 0. The molecule has 4 nitrogen and oxygen atoms in total. The van der Waals surface area contributed by atoms with Gasteiger partial charge < -0.3 is 4.57 Å². The molecule has 3 aromatic rings. The number of nitriles is 1. The Bertz CT molecular complexity index is 743. The van der Waals surface area contributed by atoms with Gasteiger partial charge in [0.1, 0.15) is 0 Å². The number of aryl methyl sites for hydroxylation is 1. The van der Waals surface area contributed by atoms with Crippen LogP contribution in [0.5, 0.6) is 0 Å². The number of rotatable bonds is 2. The van der Waals surface area contributed by atoms with Crippen molar-refractivity contribution in [2.75, 3.05) is 0 Å². The Morgan fingerprint density at radius 3 is 2.94 bits per heavy atom. The average Bonchev–Trinajstić information content (AvgIpc) is 2.97. The number of hydrogen-bond donors (Lipinski definition) is 0. The average molecular weight is 236 g/mol. The molecule has 1 aromatic carbocycles. The Morgan fingerprint density at radius 1 is 1.33 bits per heavy atom. The molecule has 0 saturated carbocycles. The summed E-state index contributed by atoms with van der Waals surface area (Å²) >= 11 is 0. The van der Waals surface area contributed by atoms with Crippen molar-refractivity contribution in [1.29, 1.82) is 5.26 Å². The second-order valence-electron chi connectivity index (χ2n) is 4.32. The van der Waals surface area contributed by atoms with Crippen LogP contribution in [0, 0.1) is 11.3 Å². The molecule has 0 atom stereocenters. The second kappa shape index (κ2) is 4.04. The highest BCUT2D eigenvalue weighted by atomic mass is 15.2. The summed E-state index contributed by atoms with van der Waals surface area (Å²) in [6.07, 6.45) is 5.87. The quantitative estimate of drug-likeness (QED) is 0.685. The minimum atomic E-state index is 0.720. The van der Waals surface area contributed by atoms with Gasteiger partial charge in [0.25, 0.3) is 0 Å². The Hall–Kier alpha value is -2.54. The third-order valence-electron chi connectivity index (χ3n) is 3.05. The maximum atomic E-state index is 9.07. The van der Waals surface area contributed by atoms with Crippen molar-refractivity contribution in [2.24, 2.45) is 7.05 Å². The normalized spacial score (nSPS) is 10.7. The molecule has 0 amide bonds. The van der Waals surface area contributed by atoms with Gasteiger partial charge in [-0.05, 0) is 18.2 Å². The number of fused-ring (bicyclic) bond motifs is 1. The van der Waals surface area contributed by atoms with E-state index in [1.54, 1.807) is 4.68 Å². The minimum Gasteiger partial charge on any atom is -0.343 e. The van der Waals surface area contributed by atoms with Crippen LogP contribution in [0.15, 0.2) is 42.9 Å². The first-order valence-corrected chi connectivity index (χ1v) is 5.73. The molecule has 0 spiro atoms. The predicted molar refractivity (Wildman–Crippen MR) is 69.0 cm³/mol. The molecule has 0 fully saturated rings. The fourth-order valence-electron chi connectivity index (χ4n) is 2.21. The lowest BCUT2D eigenvalue weighted by molar-refractivity contribution is 0.764. The van der Waals surface area contributed by atoms with Crippen LogP contribution in [0.4, 0.5) is 0 Å². The second-order valence-corrected chi connectivity index (χ2v) is 4.32. The maximum absolute atomic E-state index is 9.07. The van der Waals surface area contributed by atoms with Crippen molar-refractivity contribution in [3.8, 4) is 6.07 Å². The van der Waals surface area contributed by atoms with E-state index in [0.717, 1.165) is 28.6 Å². The highest BCUT2D eigenvalue weighted by Crippen LogP contribution is 2.20. The highest BCUT2D eigenvalue weighted by molar-refractivity contribution is 5.86. The molecule has 3 rings (SSSR count). The third-order valence-corrected chi connectivity index (χ3v) is 3.05. The first-order chi connectivity index (χ1) is 8.78. The number of nitrogens with zero attached hydrogens (tertiary/aromatic N) is 4. The van der Waals surface area contributed by atoms with Crippen molar-refractivity contribution < 1.29 is 0 Å². The van der Waals surface area contributed by atoms with Crippen molar-refractivity contribution in [2.45, 2.75) is 6.54 Å². The first kappa shape index (κ1) is 10.6. The molecule has 0 saturated heterocycles. The highest BCUT2D eigenvalue weighted by Gasteiger charge is 2.06. The number of aromatic nitrogens is 3. The van der Waals surface area contributed by atoms with E-state index >= 15 is 0 Å². The molecule has 88 valence electrons. The molecule has 0 radical (unpaired) electrons. The van der Waals surface area contributed by atoms with Crippen molar-refractivity contribution in [1.82, 2.24) is 14.3 Å². The molecule has 0 aliphatic carbocycles. The van der Waals surface area contributed by atoms with Crippen LogP contribution in [-0.2, 0) is 13.6 Å². The zero-order valence-corrected chi connectivity index (χ0v) is 10.0. The van der Waals surface area contributed by atoms with E-state index in [1.165, 1.54) is 0 Å². The lowest BCUT2D eigenvalue weighted by atomic mass is 10.1. The Balaban J connectivity index is 2.06. The van der Waals surface area contributed by atoms with E-state index in [0.29, 0.717) is 0 Å². The fraction of sp³-hybridized carbons (Fsp3) is 0.143. The fourth-order valence-corrected chi connectivity index (χ4v) is 2.21. The van der Waals surface area contributed by atoms with Gasteiger partial charge in [-0.2, -0.15) is 10.4 Å². The third kappa shape index (κ3) is 1.66. The number of hydrogen-bond acceptors (Lipinski definition) is 2. The van der Waals surface area contributed by atoms with Gasteiger partial charge in [0.15, 0.2) is 0 Å². The van der Waals surface area contributed by atoms with Gasteiger partial charge in [-0.1, -0.05) is 6.07 Å². The molecular weight excluding hydrogens is 224 g/mol. The Kier molecular flexibility index (Phi) is 2.38. The lowest BCUT2D eigenvalue weighted by Gasteiger charge is -2.03. The molecule has 18 heavy (non-hydrogen) atoms. The predicted octanol–water partition coefficient (Wildman–Crippen LogP) is 2.29. The van der Waals surface area contributed by atoms with E-state index in [2.05, 4.69) is 15.7 Å². The Morgan fingerprint density at radius 2 is 2.22 bits per heavy atom. The standard InChI is InChI=1S/C14H12N4/c1-17-9-11(8-16-17)10-18-6-5-13-12(7-15)3-2-4-14(13)18/h2-6,8-9H,10H2,1H3. The maximum Gasteiger partial charge on any atom is 0.0998 e. The van der Waals surface area contributed by atoms with Gasteiger partial charge >= 0.3 is 0 Å². The molecule has 2 aromatic heterocycles. The largest absolute Gasteiger partial charge is 0.343 e. The van der Waals surface area contributed by atoms with Gasteiger partial charge in [-0.25, -0.2) is 0 Å². The van der Waals surface area contributed by atoms with E-state index < -0.39 is 0 Å². The van der Waals surface area contributed by atoms with Crippen LogP contribution < -0.4 is 0 Å². The zero-order chi connectivity index (χ0) is 12.5. The van der Waals surface area contributed by atoms with Crippen LogP contribution in [0.25, 0.3) is 10.9 Å². The zero-order valence-electron chi connectivity index (χ0n) is 10.0. The van der Waals surface area contributed by atoms with Gasteiger partial charge in [0.05, 0.1) is 24.4 Å². The lowest BCUT2D eigenvalue weighted by Crippen LogP contribution is -1.96. The van der Waals surface area contributed by atoms with E-state index in [4.69, 9.17) is 5.26 Å². The van der Waals surface area contributed by atoms with Crippen LogP contribution in [0.2, 0.25) is 0 Å². The summed E-state index contributed by atoms with van der Waals surface area (Å²) in [5.41, 5.74) is 2.95. The van der Waals surface area contributed by atoms with E-state index in [9.17, 15) is 0 Å². The van der Waals surface area contributed by atoms with E-state index in [-0.39, 0.29) is 0 Å². The van der Waals surface area contributed by atoms with Crippen LogP contribution in [0.3, 0.4) is 0 Å². The number of benzene rings is 1. The molecular formula is C14H12N4. The van der Waals surface area contributed by atoms with E-state index in [1.807, 2.05) is 49.9 Å². The summed E-state index contributed by atoms with van der Waals surface area (Å²) in [6.45, 7) is 0.770. The Labute approximate surface area is 105 Å². The van der Waals surface area contributed by atoms with Gasteiger partial charge in [-0.15, -0.1) is 0 Å². The SMILES string of the molecule is Cn1cc(Cn2ccc3c(C#N)cccc32)cn1. The van der Waals surface area contributed by atoms with Crippen LogP contribution in [-0.4, -0.2) is 14.3 Å². The van der Waals surface area contributed by atoms with Crippen molar-refractivity contribution in [3.63, 3.8) is 0 Å². The van der Waals surface area contributed by atoms with Crippen molar-refractivity contribution in [3.05, 3.63) is 54.0 Å². The van der Waals surface area contributed by atoms with Crippen LogP contribution in [0.1, 0.15) is 11.1 Å². The topological polar surface area (TPSA) is 46.5 Å². The van der Waals surface area contributed by atoms with Gasteiger partial charge in [-0.3, -0.25) is 4.68 Å². The smallest absolute Gasteiger partial charge is 0.0998 e. The molecule has 2 heterocycles. The van der Waals surface area contributed by atoms with Gasteiger partial charge in [0, 0.05) is 35.9 Å². The molecule has 0 aliphatic rings. The first-order valence-electron chi connectivity index (χ1n) is 5.73.